The van der Waals surface area contributed by atoms with E-state index in [1.54, 1.807) is 26.0 Å². The van der Waals surface area contributed by atoms with Crippen LogP contribution in [0.5, 0.6) is 0 Å². The van der Waals surface area contributed by atoms with E-state index < -0.39 is 21.4 Å². The van der Waals surface area contributed by atoms with Crippen LogP contribution < -0.4 is 10.3 Å². The molecule has 0 fully saturated rings. The van der Waals surface area contributed by atoms with Crippen molar-refractivity contribution in [3.63, 3.8) is 0 Å². The van der Waals surface area contributed by atoms with Gasteiger partial charge < -0.3 is 10.2 Å². The van der Waals surface area contributed by atoms with Crippen LogP contribution in [0.15, 0.2) is 41.4 Å². The summed E-state index contributed by atoms with van der Waals surface area (Å²) in [6.07, 6.45) is 0.0849. The van der Waals surface area contributed by atoms with Crippen molar-refractivity contribution in [3.8, 4) is 0 Å². The molecule has 2 N–H and O–H groups in total. The number of carbonyl (C=O) groups is 1. The average molecular weight is 326 g/mol. The van der Waals surface area contributed by atoms with Crippen LogP contribution in [0.3, 0.4) is 0 Å². The summed E-state index contributed by atoms with van der Waals surface area (Å²) in [6.45, 7) is 9.18. The minimum atomic E-state index is -3.70. The Morgan fingerprint density at radius 1 is 1.27 bits per heavy atom. The zero-order chi connectivity index (χ0) is 17.0. The summed E-state index contributed by atoms with van der Waals surface area (Å²) < 4.78 is 28.9. The second-order valence-corrected chi connectivity index (χ2v) is 7.34. The van der Waals surface area contributed by atoms with Crippen molar-refractivity contribution in [2.75, 3.05) is 7.11 Å². The molecule has 0 saturated heterocycles. The summed E-state index contributed by atoms with van der Waals surface area (Å²) in [5, 5.41) is 0. The number of aryl methyl sites for hydroxylation is 1. The number of nitrogens with one attached hydrogen (secondary N) is 2. The second-order valence-electron chi connectivity index (χ2n) is 5.66. The molecule has 0 amide bonds. The van der Waals surface area contributed by atoms with Crippen LogP contribution >= 0.6 is 0 Å². The van der Waals surface area contributed by atoms with Gasteiger partial charge in [0.1, 0.15) is 0 Å². The molecule has 0 heterocycles. The maximum Gasteiger partial charge on any atom is 0.306 e. The molecule has 0 atom stereocenters. The van der Waals surface area contributed by atoms with Gasteiger partial charge >= 0.3 is 5.97 Å². The van der Waals surface area contributed by atoms with Crippen molar-refractivity contribution in [2.24, 2.45) is 5.41 Å². The van der Waals surface area contributed by atoms with Gasteiger partial charge in [0.15, 0.2) is 0 Å². The van der Waals surface area contributed by atoms with Crippen LogP contribution in [0.4, 0.5) is 0 Å². The number of ether oxygens (including phenoxy) is 1. The molecular formula is C15H22N2O4S. The zero-order valence-electron chi connectivity index (χ0n) is 13.3. The Morgan fingerprint density at radius 2 is 1.82 bits per heavy atom. The first-order valence-electron chi connectivity index (χ1n) is 6.69. The molecule has 0 unspecified atom stereocenters. The highest BCUT2D eigenvalue weighted by Crippen LogP contribution is 2.27. The van der Waals surface area contributed by atoms with Gasteiger partial charge in [-0.1, -0.05) is 38.1 Å². The number of allylic oxidation sites excluding steroid dienone is 1. The SMILES string of the molecule is C=C(NNS(=O)(=O)c1ccc(C)cc1)C(C)(C)CC(=O)OC. The third-order valence-corrected chi connectivity index (χ3v) is 4.56. The number of carbonyl (C=O) groups excluding carboxylic acids is 1. The number of rotatable bonds is 7. The van der Waals surface area contributed by atoms with Gasteiger partial charge in [0.05, 0.1) is 18.4 Å². The Hall–Kier alpha value is -1.86. The van der Waals surface area contributed by atoms with E-state index in [4.69, 9.17) is 0 Å². The van der Waals surface area contributed by atoms with Crippen molar-refractivity contribution < 1.29 is 17.9 Å². The Balaban J connectivity index is 2.74. The molecule has 0 saturated carbocycles. The number of benzene rings is 1. The lowest BCUT2D eigenvalue weighted by Gasteiger charge is -2.27. The summed E-state index contributed by atoms with van der Waals surface area (Å²) in [5.74, 6) is -0.394. The topological polar surface area (TPSA) is 84.5 Å². The molecule has 1 aromatic carbocycles. The van der Waals surface area contributed by atoms with Gasteiger partial charge in [-0.05, 0) is 19.1 Å². The van der Waals surface area contributed by atoms with Gasteiger partial charge in [-0.3, -0.25) is 4.79 Å². The van der Waals surface area contributed by atoms with Crippen molar-refractivity contribution in [2.45, 2.75) is 32.1 Å². The molecule has 0 aliphatic heterocycles. The van der Waals surface area contributed by atoms with E-state index in [1.165, 1.54) is 19.2 Å². The molecule has 122 valence electrons. The fraction of sp³-hybridized carbons (Fsp3) is 0.400. The third-order valence-electron chi connectivity index (χ3n) is 3.30. The quantitative estimate of drug-likeness (QED) is 0.590. The maximum atomic E-state index is 12.1. The Kier molecular flexibility index (Phi) is 5.73. The number of esters is 1. The van der Waals surface area contributed by atoms with Crippen LogP contribution in [-0.4, -0.2) is 21.5 Å². The minimum Gasteiger partial charge on any atom is -0.469 e. The number of sulfonamides is 1. The first kappa shape index (κ1) is 18.2. The van der Waals surface area contributed by atoms with Crippen LogP contribution in [-0.2, 0) is 19.6 Å². The molecule has 0 radical (unpaired) electrons. The highest BCUT2D eigenvalue weighted by molar-refractivity contribution is 7.89. The van der Waals surface area contributed by atoms with E-state index in [-0.39, 0.29) is 11.3 Å². The van der Waals surface area contributed by atoms with E-state index in [0.29, 0.717) is 5.70 Å². The molecule has 0 aliphatic rings. The van der Waals surface area contributed by atoms with Crippen molar-refractivity contribution in [1.82, 2.24) is 10.3 Å². The predicted molar refractivity (Wildman–Crippen MR) is 84.2 cm³/mol. The smallest absolute Gasteiger partial charge is 0.306 e. The first-order valence-corrected chi connectivity index (χ1v) is 8.17. The lowest BCUT2D eigenvalue weighted by molar-refractivity contribution is -0.142. The Morgan fingerprint density at radius 3 is 2.32 bits per heavy atom. The van der Waals surface area contributed by atoms with Crippen molar-refractivity contribution in [3.05, 3.63) is 42.1 Å². The lowest BCUT2D eigenvalue weighted by Crippen LogP contribution is -2.41. The first-order chi connectivity index (χ1) is 10.1. The van der Waals surface area contributed by atoms with E-state index in [9.17, 15) is 13.2 Å². The molecule has 1 rings (SSSR count). The maximum absolute atomic E-state index is 12.1. The van der Waals surface area contributed by atoms with Gasteiger partial charge in [-0.15, -0.1) is 4.83 Å². The summed E-state index contributed by atoms with van der Waals surface area (Å²) in [6, 6.07) is 6.46. The highest BCUT2D eigenvalue weighted by Gasteiger charge is 2.27. The van der Waals surface area contributed by atoms with E-state index in [0.717, 1.165) is 5.56 Å². The summed E-state index contributed by atoms with van der Waals surface area (Å²) in [4.78, 5) is 13.8. The fourth-order valence-electron chi connectivity index (χ4n) is 1.61. The monoisotopic (exact) mass is 326 g/mol. The summed E-state index contributed by atoms with van der Waals surface area (Å²) in [5.41, 5.74) is 3.24. The molecule has 1 aromatic rings. The van der Waals surface area contributed by atoms with Crippen molar-refractivity contribution in [1.29, 1.82) is 0 Å². The van der Waals surface area contributed by atoms with Gasteiger partial charge in [-0.25, -0.2) is 8.42 Å². The molecule has 0 spiro atoms. The highest BCUT2D eigenvalue weighted by atomic mass is 32.2. The molecule has 6 nitrogen and oxygen atoms in total. The third kappa shape index (κ3) is 4.85. The van der Waals surface area contributed by atoms with Crippen LogP contribution in [0.2, 0.25) is 0 Å². The summed E-state index contributed by atoms with van der Waals surface area (Å²) >= 11 is 0. The molecule has 7 heteroatoms. The number of hydrogen-bond donors (Lipinski definition) is 2. The molecule has 22 heavy (non-hydrogen) atoms. The van der Waals surface area contributed by atoms with Gasteiger partial charge in [0, 0.05) is 11.1 Å². The average Bonchev–Trinajstić information content (AvgIpc) is 2.44. The Labute approximate surface area is 131 Å². The lowest BCUT2D eigenvalue weighted by atomic mass is 9.86. The standard InChI is InChI=1S/C15H22N2O4S/c1-11-6-8-13(9-7-11)22(19,20)17-16-12(2)15(3,4)10-14(18)21-5/h6-9,16-17H,2,10H2,1,3-5H3. The van der Waals surface area contributed by atoms with Crippen molar-refractivity contribution >= 4 is 16.0 Å². The largest absolute Gasteiger partial charge is 0.469 e. The molecule has 0 aliphatic carbocycles. The summed E-state index contributed by atoms with van der Waals surface area (Å²) in [7, 11) is -2.40. The van der Waals surface area contributed by atoms with Crippen LogP contribution in [0.1, 0.15) is 25.8 Å². The molecule has 0 aromatic heterocycles. The number of hydrazine groups is 1. The van der Waals surface area contributed by atoms with Gasteiger partial charge in [0.25, 0.3) is 10.0 Å². The Bertz CT molecular complexity index is 649. The van der Waals surface area contributed by atoms with E-state index in [2.05, 4.69) is 21.6 Å². The van der Waals surface area contributed by atoms with E-state index in [1.807, 2.05) is 6.92 Å². The van der Waals surface area contributed by atoms with Gasteiger partial charge in [0.2, 0.25) is 0 Å². The van der Waals surface area contributed by atoms with Crippen LogP contribution in [0.25, 0.3) is 0 Å². The molecular weight excluding hydrogens is 304 g/mol. The normalized spacial score (nSPS) is 11.8. The number of methoxy groups -OCH3 is 1. The van der Waals surface area contributed by atoms with Crippen LogP contribution in [0, 0.1) is 12.3 Å². The second kappa shape index (κ2) is 6.93. The van der Waals surface area contributed by atoms with Gasteiger partial charge in [-0.2, -0.15) is 0 Å². The zero-order valence-corrected chi connectivity index (χ0v) is 14.1. The fourth-order valence-corrected chi connectivity index (χ4v) is 2.48. The minimum absolute atomic E-state index is 0.0849. The number of hydrogen-bond acceptors (Lipinski definition) is 5. The van der Waals surface area contributed by atoms with E-state index >= 15 is 0 Å². The molecule has 0 bridgehead atoms. The predicted octanol–water partition coefficient (Wildman–Crippen LogP) is 1.88.